The number of hydrogen-bond donors (Lipinski definition) is 4. The lowest BCUT2D eigenvalue weighted by Crippen LogP contribution is -2.36. The zero-order chi connectivity index (χ0) is 11.5. The fraction of sp³-hybridized carbons (Fsp3) is 0.455. The second-order valence-electron chi connectivity index (χ2n) is 3.77. The van der Waals surface area contributed by atoms with E-state index in [2.05, 4.69) is 5.32 Å². The van der Waals surface area contributed by atoms with Gasteiger partial charge in [-0.05, 0) is 12.1 Å². The molecule has 16 heavy (non-hydrogen) atoms. The Balaban J connectivity index is 2.01. The van der Waals surface area contributed by atoms with Gasteiger partial charge in [0.2, 0.25) is 0 Å². The van der Waals surface area contributed by atoms with E-state index in [0.29, 0.717) is 0 Å². The molecular formula is C11H15NO4. The first-order chi connectivity index (χ1) is 7.72. The third-order valence-electron chi connectivity index (χ3n) is 2.63. The smallest absolute Gasteiger partial charge is 0.157 e. The van der Waals surface area contributed by atoms with Gasteiger partial charge in [-0.25, -0.2) is 0 Å². The molecule has 0 saturated carbocycles. The van der Waals surface area contributed by atoms with Gasteiger partial charge in [0, 0.05) is 5.69 Å². The highest BCUT2D eigenvalue weighted by Crippen LogP contribution is 2.22. The number of para-hydroxylation sites is 1. The van der Waals surface area contributed by atoms with E-state index >= 15 is 0 Å². The Morgan fingerprint density at radius 2 is 1.81 bits per heavy atom. The number of ether oxygens (including phenoxy) is 1. The van der Waals surface area contributed by atoms with Gasteiger partial charge in [0.15, 0.2) is 6.23 Å². The fourth-order valence-electron chi connectivity index (χ4n) is 1.72. The maximum absolute atomic E-state index is 9.67. The molecule has 4 atom stereocenters. The maximum Gasteiger partial charge on any atom is 0.157 e. The van der Waals surface area contributed by atoms with E-state index in [1.807, 2.05) is 30.3 Å². The standard InChI is InChI=1S/C11H15NO4/c13-6-8-9(14)10(15)11(16-8)12-7-4-2-1-3-5-7/h1-5,8-15H,6H2/t8-,9-,10-,11?/m1/s1. The van der Waals surface area contributed by atoms with Crippen molar-refractivity contribution in [3.8, 4) is 0 Å². The molecule has 1 unspecified atom stereocenters. The van der Waals surface area contributed by atoms with Gasteiger partial charge in [0.25, 0.3) is 0 Å². The van der Waals surface area contributed by atoms with Crippen molar-refractivity contribution in [3.05, 3.63) is 30.3 Å². The Labute approximate surface area is 93.3 Å². The molecule has 0 radical (unpaired) electrons. The molecule has 5 nitrogen and oxygen atoms in total. The van der Waals surface area contributed by atoms with Gasteiger partial charge in [0.05, 0.1) is 6.61 Å². The van der Waals surface area contributed by atoms with Gasteiger partial charge in [-0.1, -0.05) is 18.2 Å². The van der Waals surface area contributed by atoms with Gasteiger partial charge < -0.3 is 25.4 Å². The van der Waals surface area contributed by atoms with E-state index in [1.54, 1.807) is 0 Å². The quantitative estimate of drug-likeness (QED) is 0.559. The number of hydrogen-bond acceptors (Lipinski definition) is 5. The minimum Gasteiger partial charge on any atom is -0.394 e. The lowest BCUT2D eigenvalue weighted by atomic mass is 10.1. The largest absolute Gasteiger partial charge is 0.394 e. The van der Waals surface area contributed by atoms with Crippen LogP contribution in [0, 0.1) is 0 Å². The van der Waals surface area contributed by atoms with Crippen molar-refractivity contribution in [1.82, 2.24) is 0 Å². The Morgan fingerprint density at radius 3 is 2.38 bits per heavy atom. The molecule has 2 rings (SSSR count). The van der Waals surface area contributed by atoms with E-state index in [4.69, 9.17) is 9.84 Å². The number of aliphatic hydroxyl groups excluding tert-OH is 3. The Bertz CT molecular complexity index is 332. The van der Waals surface area contributed by atoms with Crippen molar-refractivity contribution in [2.24, 2.45) is 0 Å². The molecule has 5 heteroatoms. The van der Waals surface area contributed by atoms with Gasteiger partial charge in [-0.15, -0.1) is 0 Å². The molecule has 4 N–H and O–H groups in total. The topological polar surface area (TPSA) is 82.0 Å². The molecule has 0 aliphatic carbocycles. The number of rotatable bonds is 3. The van der Waals surface area contributed by atoms with Crippen molar-refractivity contribution >= 4 is 5.69 Å². The Hall–Kier alpha value is -1.14. The van der Waals surface area contributed by atoms with Crippen molar-refractivity contribution in [3.63, 3.8) is 0 Å². The molecule has 0 aromatic heterocycles. The van der Waals surface area contributed by atoms with Crippen LogP contribution in [-0.4, -0.2) is 46.5 Å². The van der Waals surface area contributed by atoms with E-state index in [0.717, 1.165) is 5.69 Å². The first-order valence-electron chi connectivity index (χ1n) is 5.16. The molecule has 1 heterocycles. The molecule has 88 valence electrons. The van der Waals surface area contributed by atoms with Crippen LogP contribution in [0.1, 0.15) is 0 Å². The van der Waals surface area contributed by atoms with Gasteiger partial charge in [-0.3, -0.25) is 0 Å². The summed E-state index contributed by atoms with van der Waals surface area (Å²) >= 11 is 0. The summed E-state index contributed by atoms with van der Waals surface area (Å²) in [5, 5.41) is 31.1. The summed E-state index contributed by atoms with van der Waals surface area (Å²) in [6.07, 6.45) is -3.55. The highest BCUT2D eigenvalue weighted by atomic mass is 16.6. The summed E-state index contributed by atoms with van der Waals surface area (Å²) < 4.78 is 5.28. The van der Waals surface area contributed by atoms with E-state index in [1.165, 1.54) is 0 Å². The predicted molar refractivity (Wildman–Crippen MR) is 57.8 cm³/mol. The fourth-order valence-corrected chi connectivity index (χ4v) is 1.72. The summed E-state index contributed by atoms with van der Waals surface area (Å²) in [4.78, 5) is 0. The summed E-state index contributed by atoms with van der Waals surface area (Å²) in [6.45, 7) is -0.314. The summed E-state index contributed by atoms with van der Waals surface area (Å²) in [6, 6.07) is 9.24. The van der Waals surface area contributed by atoms with Crippen molar-refractivity contribution in [2.75, 3.05) is 11.9 Å². The van der Waals surface area contributed by atoms with Gasteiger partial charge in [-0.2, -0.15) is 0 Å². The molecule has 0 bridgehead atoms. The third-order valence-corrected chi connectivity index (χ3v) is 2.63. The highest BCUT2D eigenvalue weighted by Gasteiger charge is 2.42. The molecule has 1 aromatic rings. The maximum atomic E-state index is 9.67. The van der Waals surface area contributed by atoms with Crippen LogP contribution < -0.4 is 5.32 Å². The molecule has 1 aromatic carbocycles. The molecule has 1 fully saturated rings. The predicted octanol–water partition coefficient (Wildman–Crippen LogP) is -0.463. The van der Waals surface area contributed by atoms with Gasteiger partial charge in [0.1, 0.15) is 18.3 Å². The zero-order valence-electron chi connectivity index (χ0n) is 8.65. The SMILES string of the molecule is OC[C@H]1OC(Nc2ccccc2)[C@H](O)[C@@H]1O. The number of benzene rings is 1. The van der Waals surface area contributed by atoms with Crippen molar-refractivity contribution in [1.29, 1.82) is 0 Å². The summed E-state index contributed by atoms with van der Waals surface area (Å²) in [5.41, 5.74) is 0.789. The Kier molecular flexibility index (Phi) is 3.40. The zero-order valence-corrected chi connectivity index (χ0v) is 8.65. The van der Waals surface area contributed by atoms with E-state index < -0.39 is 24.5 Å². The van der Waals surface area contributed by atoms with Crippen LogP contribution in [0.5, 0.6) is 0 Å². The summed E-state index contributed by atoms with van der Waals surface area (Å²) in [5.74, 6) is 0. The van der Waals surface area contributed by atoms with Crippen LogP contribution in [-0.2, 0) is 4.74 Å². The summed E-state index contributed by atoms with van der Waals surface area (Å²) in [7, 11) is 0. The van der Waals surface area contributed by atoms with Gasteiger partial charge >= 0.3 is 0 Å². The molecule has 0 amide bonds. The van der Waals surface area contributed by atoms with E-state index in [-0.39, 0.29) is 6.61 Å². The van der Waals surface area contributed by atoms with Crippen molar-refractivity contribution in [2.45, 2.75) is 24.5 Å². The number of anilines is 1. The first-order valence-corrected chi connectivity index (χ1v) is 5.16. The second kappa shape index (κ2) is 4.80. The average Bonchev–Trinajstić information content (AvgIpc) is 2.58. The molecule has 1 saturated heterocycles. The highest BCUT2D eigenvalue weighted by molar-refractivity contribution is 5.43. The Morgan fingerprint density at radius 1 is 1.12 bits per heavy atom. The van der Waals surface area contributed by atoms with Crippen LogP contribution in [0.2, 0.25) is 0 Å². The minimum atomic E-state index is -1.06. The number of nitrogens with one attached hydrogen (secondary N) is 1. The lowest BCUT2D eigenvalue weighted by Gasteiger charge is -2.17. The molecule has 1 aliphatic heterocycles. The van der Waals surface area contributed by atoms with Crippen LogP contribution in [0.15, 0.2) is 30.3 Å². The number of aliphatic hydroxyl groups is 3. The average molecular weight is 225 g/mol. The monoisotopic (exact) mass is 225 g/mol. The normalized spacial score (nSPS) is 33.9. The van der Waals surface area contributed by atoms with Crippen molar-refractivity contribution < 1.29 is 20.1 Å². The van der Waals surface area contributed by atoms with Crippen LogP contribution in [0.3, 0.4) is 0 Å². The second-order valence-corrected chi connectivity index (χ2v) is 3.77. The van der Waals surface area contributed by atoms with Crippen LogP contribution in [0.4, 0.5) is 5.69 Å². The minimum absolute atomic E-state index is 0.314. The van der Waals surface area contributed by atoms with Crippen LogP contribution >= 0.6 is 0 Å². The molecule has 0 spiro atoms. The third kappa shape index (κ3) is 2.17. The molecule has 1 aliphatic rings. The molecular weight excluding hydrogens is 210 g/mol. The van der Waals surface area contributed by atoms with Crippen LogP contribution in [0.25, 0.3) is 0 Å². The van der Waals surface area contributed by atoms with E-state index in [9.17, 15) is 10.2 Å². The first kappa shape index (κ1) is 11.3. The lowest BCUT2D eigenvalue weighted by molar-refractivity contribution is -0.0153.